The number of nitrogens with one attached hydrogen (secondary N) is 1. The molecule has 1 saturated heterocycles. The van der Waals surface area contributed by atoms with E-state index in [1.807, 2.05) is 13.1 Å². The van der Waals surface area contributed by atoms with Crippen molar-refractivity contribution in [2.75, 3.05) is 26.7 Å². The first-order chi connectivity index (χ1) is 10.3. The van der Waals surface area contributed by atoms with Crippen LogP contribution < -0.4 is 10.1 Å². The van der Waals surface area contributed by atoms with Crippen LogP contribution in [0.2, 0.25) is 0 Å². The minimum Gasteiger partial charge on any atom is -0.488 e. The fourth-order valence-corrected chi connectivity index (χ4v) is 3.13. The van der Waals surface area contributed by atoms with Crippen molar-refractivity contribution in [1.29, 1.82) is 0 Å². The van der Waals surface area contributed by atoms with E-state index in [9.17, 15) is 0 Å². The SMILES string of the molecule is CN=C(NCC1Cc2ccccc2O1)N1CCC(C)CC1.I. The van der Waals surface area contributed by atoms with Crippen molar-refractivity contribution in [3.05, 3.63) is 29.8 Å². The van der Waals surface area contributed by atoms with E-state index in [0.29, 0.717) is 0 Å². The lowest BCUT2D eigenvalue weighted by Crippen LogP contribution is -2.47. The predicted octanol–water partition coefficient (Wildman–Crippen LogP) is 2.92. The number of hydrogen-bond acceptors (Lipinski definition) is 2. The first kappa shape index (κ1) is 17.4. The van der Waals surface area contributed by atoms with Crippen LogP contribution in [-0.4, -0.2) is 43.6 Å². The van der Waals surface area contributed by atoms with E-state index in [0.717, 1.165) is 43.7 Å². The predicted molar refractivity (Wildman–Crippen MR) is 101 cm³/mol. The lowest BCUT2D eigenvalue weighted by atomic mass is 9.99. The van der Waals surface area contributed by atoms with E-state index in [1.54, 1.807) is 0 Å². The number of nitrogens with zero attached hydrogens (tertiary/aromatic N) is 2. The minimum absolute atomic E-state index is 0. The summed E-state index contributed by atoms with van der Waals surface area (Å²) in [5, 5.41) is 3.48. The van der Waals surface area contributed by atoms with E-state index in [1.165, 1.54) is 18.4 Å². The molecule has 1 fully saturated rings. The molecule has 1 aromatic carbocycles. The summed E-state index contributed by atoms with van der Waals surface area (Å²) in [6.07, 6.45) is 3.71. The Hall–Kier alpha value is -0.980. The molecule has 0 aliphatic carbocycles. The Morgan fingerprint density at radius 2 is 2.05 bits per heavy atom. The third kappa shape index (κ3) is 4.06. The Kier molecular flexibility index (Phi) is 6.35. The van der Waals surface area contributed by atoms with Gasteiger partial charge in [0.1, 0.15) is 11.9 Å². The van der Waals surface area contributed by atoms with Crippen LogP contribution in [0.25, 0.3) is 0 Å². The second kappa shape index (κ2) is 8.04. The van der Waals surface area contributed by atoms with Gasteiger partial charge < -0.3 is 15.0 Å². The number of guanidine groups is 1. The first-order valence-electron chi connectivity index (χ1n) is 7.96. The molecule has 1 unspecified atom stereocenters. The molecule has 122 valence electrons. The van der Waals surface area contributed by atoms with Gasteiger partial charge in [-0.2, -0.15) is 0 Å². The van der Waals surface area contributed by atoms with E-state index in [-0.39, 0.29) is 30.1 Å². The van der Waals surface area contributed by atoms with Gasteiger partial charge in [-0.05, 0) is 30.4 Å². The van der Waals surface area contributed by atoms with Crippen LogP contribution in [0.3, 0.4) is 0 Å². The fourth-order valence-electron chi connectivity index (χ4n) is 3.13. The van der Waals surface area contributed by atoms with Gasteiger partial charge in [-0.15, -0.1) is 24.0 Å². The van der Waals surface area contributed by atoms with Crippen LogP contribution in [0.5, 0.6) is 5.75 Å². The number of hydrogen-bond donors (Lipinski definition) is 1. The van der Waals surface area contributed by atoms with E-state index in [2.05, 4.69) is 40.3 Å². The molecular weight excluding hydrogens is 389 g/mol. The summed E-state index contributed by atoms with van der Waals surface area (Å²) in [7, 11) is 1.87. The summed E-state index contributed by atoms with van der Waals surface area (Å²) in [4.78, 5) is 6.79. The van der Waals surface area contributed by atoms with Gasteiger partial charge in [0.05, 0.1) is 6.54 Å². The lowest BCUT2D eigenvalue weighted by Gasteiger charge is -2.33. The van der Waals surface area contributed by atoms with Crippen molar-refractivity contribution < 1.29 is 4.74 Å². The summed E-state index contributed by atoms with van der Waals surface area (Å²) in [5.41, 5.74) is 1.31. The van der Waals surface area contributed by atoms with Crippen LogP contribution >= 0.6 is 24.0 Å². The molecule has 0 spiro atoms. The monoisotopic (exact) mass is 415 g/mol. The van der Waals surface area contributed by atoms with Gasteiger partial charge in [0.15, 0.2) is 5.96 Å². The lowest BCUT2D eigenvalue weighted by molar-refractivity contribution is 0.228. The Bertz CT molecular complexity index is 487. The van der Waals surface area contributed by atoms with Crippen molar-refractivity contribution in [3.8, 4) is 5.75 Å². The molecule has 3 rings (SSSR count). The standard InChI is InChI=1S/C17H25N3O.HI/c1-13-7-9-20(10-8-13)17(18-2)19-12-15-11-14-5-3-4-6-16(14)21-15;/h3-6,13,15H,7-12H2,1-2H3,(H,18,19);1H. The molecule has 5 heteroatoms. The van der Waals surface area contributed by atoms with Crippen molar-refractivity contribution >= 4 is 29.9 Å². The number of rotatable bonds is 2. The van der Waals surface area contributed by atoms with Crippen LogP contribution in [0.15, 0.2) is 29.3 Å². The Balaban J connectivity index is 0.00000176. The zero-order valence-corrected chi connectivity index (χ0v) is 15.7. The average Bonchev–Trinajstić information content (AvgIpc) is 2.92. The Labute approximate surface area is 150 Å². The summed E-state index contributed by atoms with van der Waals surface area (Å²) in [5.74, 6) is 2.89. The van der Waals surface area contributed by atoms with Gasteiger partial charge in [-0.25, -0.2) is 0 Å². The third-order valence-corrected chi connectivity index (χ3v) is 4.50. The average molecular weight is 415 g/mol. The highest BCUT2D eigenvalue weighted by atomic mass is 127. The molecule has 0 amide bonds. The molecule has 2 aliphatic heterocycles. The van der Waals surface area contributed by atoms with Gasteiger partial charge in [0.25, 0.3) is 0 Å². The molecular formula is C17H26IN3O. The van der Waals surface area contributed by atoms with Crippen LogP contribution in [0.1, 0.15) is 25.3 Å². The highest BCUT2D eigenvalue weighted by molar-refractivity contribution is 14.0. The maximum Gasteiger partial charge on any atom is 0.193 e. The summed E-state index contributed by atoms with van der Waals surface area (Å²) in [6.45, 7) is 5.35. The molecule has 2 aliphatic rings. The van der Waals surface area contributed by atoms with Crippen LogP contribution in [0, 0.1) is 5.92 Å². The number of aliphatic imine (C=N–C) groups is 1. The maximum atomic E-state index is 5.97. The normalized spacial score (nSPS) is 21.8. The molecule has 1 N–H and O–H groups in total. The minimum atomic E-state index is 0. The zero-order chi connectivity index (χ0) is 14.7. The number of halogens is 1. The van der Waals surface area contributed by atoms with Gasteiger partial charge in [0, 0.05) is 26.6 Å². The number of fused-ring (bicyclic) bond motifs is 1. The topological polar surface area (TPSA) is 36.9 Å². The van der Waals surface area contributed by atoms with Crippen molar-refractivity contribution in [2.24, 2.45) is 10.9 Å². The second-order valence-corrected chi connectivity index (χ2v) is 6.15. The molecule has 2 heterocycles. The molecule has 0 bridgehead atoms. The summed E-state index contributed by atoms with van der Waals surface area (Å²) < 4.78 is 5.97. The first-order valence-corrected chi connectivity index (χ1v) is 7.96. The molecule has 0 radical (unpaired) electrons. The van der Waals surface area contributed by atoms with Gasteiger partial charge in [-0.1, -0.05) is 25.1 Å². The van der Waals surface area contributed by atoms with Crippen LogP contribution in [-0.2, 0) is 6.42 Å². The zero-order valence-electron chi connectivity index (χ0n) is 13.4. The van der Waals surface area contributed by atoms with Crippen molar-refractivity contribution in [1.82, 2.24) is 10.2 Å². The summed E-state index contributed by atoms with van der Waals surface area (Å²) in [6, 6.07) is 8.31. The Morgan fingerprint density at radius 3 is 2.73 bits per heavy atom. The van der Waals surface area contributed by atoms with Crippen LogP contribution in [0.4, 0.5) is 0 Å². The number of ether oxygens (including phenoxy) is 1. The maximum absolute atomic E-state index is 5.97. The number of piperidine rings is 1. The second-order valence-electron chi connectivity index (χ2n) is 6.15. The smallest absolute Gasteiger partial charge is 0.193 e. The number of benzene rings is 1. The molecule has 1 aromatic rings. The molecule has 4 nitrogen and oxygen atoms in total. The molecule has 22 heavy (non-hydrogen) atoms. The third-order valence-electron chi connectivity index (χ3n) is 4.50. The van der Waals surface area contributed by atoms with Gasteiger partial charge in [-0.3, -0.25) is 4.99 Å². The number of likely N-dealkylation sites (tertiary alicyclic amines) is 1. The Morgan fingerprint density at radius 1 is 1.32 bits per heavy atom. The van der Waals surface area contributed by atoms with E-state index in [4.69, 9.17) is 4.74 Å². The molecule has 1 atom stereocenters. The fraction of sp³-hybridized carbons (Fsp3) is 0.588. The van der Waals surface area contributed by atoms with Crippen molar-refractivity contribution in [2.45, 2.75) is 32.3 Å². The van der Waals surface area contributed by atoms with Gasteiger partial charge >= 0.3 is 0 Å². The largest absolute Gasteiger partial charge is 0.488 e. The van der Waals surface area contributed by atoms with E-state index < -0.39 is 0 Å². The molecule has 0 aromatic heterocycles. The quantitative estimate of drug-likeness (QED) is 0.459. The van der Waals surface area contributed by atoms with E-state index >= 15 is 0 Å². The highest BCUT2D eigenvalue weighted by Crippen LogP contribution is 2.27. The molecule has 0 saturated carbocycles. The highest BCUT2D eigenvalue weighted by Gasteiger charge is 2.24. The number of para-hydroxylation sites is 1. The summed E-state index contributed by atoms with van der Waals surface area (Å²) >= 11 is 0. The van der Waals surface area contributed by atoms with Crippen molar-refractivity contribution in [3.63, 3.8) is 0 Å². The van der Waals surface area contributed by atoms with Gasteiger partial charge in [0.2, 0.25) is 0 Å².